The number of benzene rings is 1. The number of nitrogens with one attached hydrogen (secondary N) is 2. The van der Waals surface area contributed by atoms with E-state index in [0.717, 1.165) is 0 Å². The summed E-state index contributed by atoms with van der Waals surface area (Å²) in [4.78, 5) is 11.6. The molecule has 0 heterocycles. The van der Waals surface area contributed by atoms with Crippen LogP contribution in [0.25, 0.3) is 0 Å². The van der Waals surface area contributed by atoms with Gasteiger partial charge in [0.05, 0.1) is 5.69 Å². The molecule has 2 amide bonds. The Morgan fingerprint density at radius 1 is 1.56 bits per heavy atom. The first-order valence-electron chi connectivity index (χ1n) is 4.68. The number of hydrogen-bond acceptors (Lipinski definition) is 2. The summed E-state index contributed by atoms with van der Waals surface area (Å²) >= 11 is 10.7. The first-order chi connectivity index (χ1) is 7.54. The van der Waals surface area contributed by atoms with Crippen molar-refractivity contribution in [1.29, 1.82) is 0 Å². The molecule has 0 bridgehead atoms. The quantitative estimate of drug-likeness (QED) is 0.727. The highest BCUT2D eigenvalue weighted by Gasteiger charge is 2.08. The van der Waals surface area contributed by atoms with Crippen LogP contribution in [0.4, 0.5) is 10.5 Å². The van der Waals surface area contributed by atoms with Crippen LogP contribution in [0.1, 0.15) is 12.5 Å². The molecule has 86 valence electrons. The summed E-state index contributed by atoms with van der Waals surface area (Å²) in [5.41, 5.74) is 6.63. The van der Waals surface area contributed by atoms with Crippen LogP contribution in [0.2, 0.25) is 5.02 Å². The molecule has 0 aromatic heterocycles. The summed E-state index contributed by atoms with van der Waals surface area (Å²) in [5, 5.41) is 5.74. The van der Waals surface area contributed by atoms with Crippen molar-refractivity contribution >= 4 is 40.5 Å². The zero-order chi connectivity index (χ0) is 12.1. The van der Waals surface area contributed by atoms with E-state index in [9.17, 15) is 4.79 Å². The van der Waals surface area contributed by atoms with Gasteiger partial charge in [-0.1, -0.05) is 23.8 Å². The zero-order valence-electron chi connectivity index (χ0n) is 8.71. The van der Waals surface area contributed by atoms with E-state index < -0.39 is 0 Å². The summed E-state index contributed by atoms with van der Waals surface area (Å²) in [6, 6.07) is 4.62. The largest absolute Gasteiger partial charge is 0.389 e. The molecule has 0 atom stereocenters. The van der Waals surface area contributed by atoms with Crippen molar-refractivity contribution in [2.24, 2.45) is 5.73 Å². The average Bonchev–Trinajstić information content (AvgIpc) is 2.17. The Labute approximate surface area is 104 Å². The molecular weight excluding hydrogens is 246 g/mol. The number of hydrogen-bond donors (Lipinski definition) is 3. The van der Waals surface area contributed by atoms with Gasteiger partial charge in [-0.25, -0.2) is 4.79 Å². The van der Waals surface area contributed by atoms with Gasteiger partial charge in [0.15, 0.2) is 0 Å². The van der Waals surface area contributed by atoms with Crippen molar-refractivity contribution in [3.05, 3.63) is 28.8 Å². The van der Waals surface area contributed by atoms with E-state index in [-0.39, 0.29) is 11.0 Å². The molecular formula is C10H12ClN3OS. The molecule has 6 heteroatoms. The van der Waals surface area contributed by atoms with Gasteiger partial charge in [-0.15, -0.1) is 0 Å². The lowest BCUT2D eigenvalue weighted by molar-refractivity contribution is 0.252. The lowest BCUT2D eigenvalue weighted by atomic mass is 10.2. The van der Waals surface area contributed by atoms with Gasteiger partial charge < -0.3 is 16.4 Å². The van der Waals surface area contributed by atoms with E-state index >= 15 is 0 Å². The Balaban J connectivity index is 2.96. The van der Waals surface area contributed by atoms with Crippen molar-refractivity contribution in [2.45, 2.75) is 6.92 Å². The zero-order valence-corrected chi connectivity index (χ0v) is 10.3. The lowest BCUT2D eigenvalue weighted by Gasteiger charge is -2.10. The summed E-state index contributed by atoms with van der Waals surface area (Å²) in [7, 11) is 0. The Kier molecular flexibility index (Phi) is 4.52. The van der Waals surface area contributed by atoms with Crippen molar-refractivity contribution < 1.29 is 4.79 Å². The van der Waals surface area contributed by atoms with Crippen molar-refractivity contribution in [2.75, 3.05) is 11.9 Å². The number of carbonyl (C=O) groups is 1. The van der Waals surface area contributed by atoms with Crippen LogP contribution in [-0.4, -0.2) is 17.6 Å². The van der Waals surface area contributed by atoms with Gasteiger partial charge in [0.2, 0.25) is 0 Å². The van der Waals surface area contributed by atoms with Crippen molar-refractivity contribution in [3.8, 4) is 0 Å². The van der Waals surface area contributed by atoms with E-state index in [1.165, 1.54) is 0 Å². The third-order valence-corrected chi connectivity index (χ3v) is 2.29. The molecule has 0 aliphatic carbocycles. The van der Waals surface area contributed by atoms with E-state index in [4.69, 9.17) is 29.6 Å². The van der Waals surface area contributed by atoms with Gasteiger partial charge >= 0.3 is 6.03 Å². The fourth-order valence-electron chi connectivity index (χ4n) is 1.16. The Bertz CT molecular complexity index is 423. The third-order valence-electron chi connectivity index (χ3n) is 1.83. The number of carbonyl (C=O) groups excluding carboxylic acids is 1. The van der Waals surface area contributed by atoms with Crippen LogP contribution in [-0.2, 0) is 0 Å². The Morgan fingerprint density at radius 3 is 2.81 bits per heavy atom. The molecule has 0 fully saturated rings. The first kappa shape index (κ1) is 12.7. The second kappa shape index (κ2) is 5.67. The minimum Gasteiger partial charge on any atom is -0.389 e. The molecule has 1 aromatic carbocycles. The smallest absolute Gasteiger partial charge is 0.319 e. The summed E-state index contributed by atoms with van der Waals surface area (Å²) < 4.78 is 0. The van der Waals surface area contributed by atoms with Crippen LogP contribution in [0.15, 0.2) is 18.2 Å². The predicted octanol–water partition coefficient (Wildman–Crippen LogP) is 2.12. The van der Waals surface area contributed by atoms with Crippen molar-refractivity contribution in [1.82, 2.24) is 5.32 Å². The van der Waals surface area contributed by atoms with Crippen LogP contribution >= 0.6 is 23.8 Å². The monoisotopic (exact) mass is 257 g/mol. The number of anilines is 1. The standard InChI is InChI=1S/C10H12ClN3OS/c1-2-13-10(15)14-8-5-6(11)3-4-7(8)9(12)16/h3-5H,2H2,1H3,(H2,12,16)(H2,13,14,15). The third kappa shape index (κ3) is 3.36. The Hall–Kier alpha value is -1.33. The van der Waals surface area contributed by atoms with Crippen LogP contribution in [0, 0.1) is 0 Å². The number of rotatable bonds is 3. The van der Waals surface area contributed by atoms with Gasteiger partial charge in [-0.05, 0) is 25.1 Å². The van der Waals surface area contributed by atoms with Gasteiger partial charge in [0, 0.05) is 17.1 Å². The van der Waals surface area contributed by atoms with Gasteiger partial charge in [0.25, 0.3) is 0 Å². The predicted molar refractivity (Wildman–Crippen MR) is 70.0 cm³/mol. The molecule has 0 aliphatic heterocycles. The molecule has 0 spiro atoms. The molecule has 4 nitrogen and oxygen atoms in total. The fourth-order valence-corrected chi connectivity index (χ4v) is 1.51. The summed E-state index contributed by atoms with van der Waals surface area (Å²) in [6.45, 7) is 2.36. The maximum absolute atomic E-state index is 11.3. The van der Waals surface area contributed by atoms with E-state index in [2.05, 4.69) is 10.6 Å². The fraction of sp³-hybridized carbons (Fsp3) is 0.200. The number of nitrogens with two attached hydrogens (primary N) is 1. The van der Waals surface area contributed by atoms with E-state index in [0.29, 0.717) is 22.8 Å². The molecule has 0 aliphatic rings. The minimum atomic E-state index is -0.317. The van der Waals surface area contributed by atoms with Crippen molar-refractivity contribution in [3.63, 3.8) is 0 Å². The number of thiocarbonyl (C=S) groups is 1. The highest BCUT2D eigenvalue weighted by Crippen LogP contribution is 2.20. The highest BCUT2D eigenvalue weighted by molar-refractivity contribution is 7.80. The van der Waals surface area contributed by atoms with Crippen LogP contribution in [0.5, 0.6) is 0 Å². The minimum absolute atomic E-state index is 0.212. The topological polar surface area (TPSA) is 67.2 Å². The Morgan fingerprint density at radius 2 is 2.25 bits per heavy atom. The second-order valence-electron chi connectivity index (χ2n) is 3.04. The lowest BCUT2D eigenvalue weighted by Crippen LogP contribution is -2.29. The first-order valence-corrected chi connectivity index (χ1v) is 5.47. The number of urea groups is 1. The highest BCUT2D eigenvalue weighted by atomic mass is 35.5. The van der Waals surface area contributed by atoms with E-state index in [1.54, 1.807) is 18.2 Å². The molecule has 0 unspecified atom stereocenters. The molecule has 16 heavy (non-hydrogen) atoms. The molecule has 4 N–H and O–H groups in total. The van der Waals surface area contributed by atoms with Gasteiger partial charge in [0.1, 0.15) is 4.99 Å². The normalized spacial score (nSPS) is 9.62. The van der Waals surface area contributed by atoms with Crippen LogP contribution < -0.4 is 16.4 Å². The van der Waals surface area contributed by atoms with Gasteiger partial charge in [-0.2, -0.15) is 0 Å². The van der Waals surface area contributed by atoms with E-state index in [1.807, 2.05) is 6.92 Å². The van der Waals surface area contributed by atoms with Gasteiger partial charge in [-0.3, -0.25) is 0 Å². The van der Waals surface area contributed by atoms with Crippen LogP contribution in [0.3, 0.4) is 0 Å². The average molecular weight is 258 g/mol. The number of halogens is 1. The molecule has 0 radical (unpaired) electrons. The maximum Gasteiger partial charge on any atom is 0.319 e. The summed E-state index contributed by atoms with van der Waals surface area (Å²) in [5.74, 6) is 0. The molecule has 1 rings (SSSR count). The summed E-state index contributed by atoms with van der Waals surface area (Å²) in [6.07, 6.45) is 0. The second-order valence-corrected chi connectivity index (χ2v) is 3.91. The molecule has 0 saturated heterocycles. The maximum atomic E-state index is 11.3. The molecule has 1 aromatic rings. The SMILES string of the molecule is CCNC(=O)Nc1cc(Cl)ccc1C(N)=S. The number of amides is 2. The molecule has 0 saturated carbocycles.